The molecule has 9 nitrogen and oxygen atoms in total. The first kappa shape index (κ1) is 26.3. The molecule has 13 heteroatoms. The van der Waals surface area contributed by atoms with Crippen LogP contribution < -0.4 is 14.4 Å². The van der Waals surface area contributed by atoms with Gasteiger partial charge in [0.15, 0.2) is 11.5 Å². The van der Waals surface area contributed by atoms with Crippen LogP contribution in [0.25, 0.3) is 0 Å². The Hall–Kier alpha value is -3.77. The largest absolute Gasteiger partial charge is 0.573 e. The summed E-state index contributed by atoms with van der Waals surface area (Å²) in [7, 11) is 3.01. The highest BCUT2D eigenvalue weighted by molar-refractivity contribution is 6.30. The predicted molar refractivity (Wildman–Crippen MR) is 127 cm³/mol. The van der Waals surface area contributed by atoms with E-state index in [2.05, 4.69) is 9.72 Å². The Morgan fingerprint density at radius 1 is 1.22 bits per heavy atom. The monoisotopic (exact) mass is 538 g/mol. The molecule has 1 saturated heterocycles. The molecule has 1 aliphatic heterocycles. The highest BCUT2D eigenvalue weighted by Crippen LogP contribution is 2.33. The second-order valence-corrected chi connectivity index (χ2v) is 8.70. The molecule has 0 aliphatic carbocycles. The number of nitrogens with zero attached hydrogens (tertiary/aromatic N) is 4. The van der Waals surface area contributed by atoms with Crippen LogP contribution in [0.1, 0.15) is 16.1 Å². The standard InChI is InChI=1S/C24H22ClF3N4O5/c1-30(12-19-13-35-19)22(34)20-21(31(2)14-33)29-23(32(20)11-15-6-8-16(25)9-7-15)36-17-4-3-5-18(10-17)37-24(26,27)28/h3-10,14,19H,11-13H2,1-2H3. The molecule has 4 rings (SSSR count). The highest BCUT2D eigenvalue weighted by atomic mass is 35.5. The zero-order valence-electron chi connectivity index (χ0n) is 19.7. The number of aromatic nitrogens is 2. The van der Waals surface area contributed by atoms with Gasteiger partial charge < -0.3 is 24.0 Å². The lowest BCUT2D eigenvalue weighted by atomic mass is 10.2. The lowest BCUT2D eigenvalue weighted by molar-refractivity contribution is -0.274. The molecule has 1 atom stereocenters. The first-order valence-corrected chi connectivity index (χ1v) is 11.4. The molecule has 2 heterocycles. The quantitative estimate of drug-likeness (QED) is 0.282. The molecule has 2 aromatic carbocycles. The number of ether oxygens (including phenoxy) is 3. The number of anilines is 1. The summed E-state index contributed by atoms with van der Waals surface area (Å²) in [5.74, 6) is -0.963. The number of hydrogen-bond donors (Lipinski definition) is 0. The fourth-order valence-electron chi connectivity index (χ4n) is 3.51. The Balaban J connectivity index is 1.78. The Kier molecular flexibility index (Phi) is 7.60. The van der Waals surface area contributed by atoms with Crippen molar-refractivity contribution in [2.24, 2.45) is 0 Å². The van der Waals surface area contributed by atoms with Crippen molar-refractivity contribution in [2.75, 3.05) is 32.1 Å². The zero-order chi connectivity index (χ0) is 26.7. The summed E-state index contributed by atoms with van der Waals surface area (Å²) >= 11 is 6.00. The fraction of sp³-hybridized carbons (Fsp3) is 0.292. The third-order valence-electron chi connectivity index (χ3n) is 5.34. The van der Waals surface area contributed by atoms with Crippen LogP contribution in [0.3, 0.4) is 0 Å². The summed E-state index contributed by atoms with van der Waals surface area (Å²) in [6, 6.07) is 11.6. The minimum absolute atomic E-state index is 0.00947. The summed E-state index contributed by atoms with van der Waals surface area (Å²) in [4.78, 5) is 32.1. The average Bonchev–Trinajstić information content (AvgIpc) is 3.59. The van der Waals surface area contributed by atoms with E-state index in [1.165, 1.54) is 28.6 Å². The lowest BCUT2D eigenvalue weighted by Gasteiger charge is -2.20. The maximum atomic E-state index is 13.5. The Morgan fingerprint density at radius 2 is 1.89 bits per heavy atom. The molecule has 0 N–H and O–H groups in total. The van der Waals surface area contributed by atoms with Crippen LogP contribution >= 0.6 is 11.6 Å². The summed E-state index contributed by atoms with van der Waals surface area (Å²) in [5, 5.41) is 0.508. The van der Waals surface area contributed by atoms with Gasteiger partial charge in [0.2, 0.25) is 6.41 Å². The number of amides is 2. The van der Waals surface area contributed by atoms with E-state index in [1.807, 2.05) is 0 Å². The first-order chi connectivity index (χ1) is 17.5. The number of hydrogen-bond acceptors (Lipinski definition) is 6. The van der Waals surface area contributed by atoms with Gasteiger partial charge in [0.1, 0.15) is 11.5 Å². The normalized spacial score (nSPS) is 14.7. The van der Waals surface area contributed by atoms with E-state index >= 15 is 0 Å². The van der Waals surface area contributed by atoms with E-state index in [0.717, 1.165) is 22.6 Å². The smallest absolute Gasteiger partial charge is 0.425 e. The van der Waals surface area contributed by atoms with E-state index in [4.69, 9.17) is 21.1 Å². The number of carbonyl (C=O) groups is 2. The second-order valence-electron chi connectivity index (χ2n) is 8.26. The van der Waals surface area contributed by atoms with Crippen molar-refractivity contribution in [3.63, 3.8) is 0 Å². The molecule has 196 valence electrons. The maximum absolute atomic E-state index is 13.5. The molecule has 3 aromatic rings. The van der Waals surface area contributed by atoms with Crippen LogP contribution in [0.4, 0.5) is 19.0 Å². The topological polar surface area (TPSA) is 89.4 Å². The summed E-state index contributed by atoms with van der Waals surface area (Å²) in [6.45, 7) is 0.940. The zero-order valence-corrected chi connectivity index (χ0v) is 20.5. The van der Waals surface area contributed by atoms with Gasteiger partial charge in [-0.2, -0.15) is 4.98 Å². The van der Waals surface area contributed by atoms with Crippen LogP contribution in [-0.4, -0.2) is 66.5 Å². The van der Waals surface area contributed by atoms with Crippen LogP contribution in [0.15, 0.2) is 48.5 Å². The Labute approximate surface area is 214 Å². The van der Waals surface area contributed by atoms with Crippen LogP contribution in [0.5, 0.6) is 17.5 Å². The number of epoxide rings is 1. The van der Waals surface area contributed by atoms with Crippen molar-refractivity contribution in [2.45, 2.75) is 19.0 Å². The summed E-state index contributed by atoms with van der Waals surface area (Å²) in [5.41, 5.74) is 0.772. The van der Waals surface area contributed by atoms with Gasteiger partial charge in [-0.05, 0) is 29.8 Å². The van der Waals surface area contributed by atoms with Gasteiger partial charge in [0.05, 0.1) is 19.3 Å². The molecule has 1 aliphatic rings. The minimum atomic E-state index is -4.89. The molecule has 1 unspecified atom stereocenters. The number of halogens is 4. The molecule has 37 heavy (non-hydrogen) atoms. The number of rotatable bonds is 10. The fourth-order valence-corrected chi connectivity index (χ4v) is 3.63. The molecule has 1 fully saturated rings. The number of benzene rings is 2. The average molecular weight is 539 g/mol. The third-order valence-corrected chi connectivity index (χ3v) is 5.59. The molecule has 0 radical (unpaired) electrons. The van der Waals surface area contributed by atoms with Gasteiger partial charge in [-0.3, -0.25) is 14.2 Å². The van der Waals surface area contributed by atoms with Crippen molar-refractivity contribution in [1.29, 1.82) is 0 Å². The van der Waals surface area contributed by atoms with Crippen molar-refractivity contribution < 1.29 is 37.0 Å². The molecule has 2 amide bonds. The van der Waals surface area contributed by atoms with E-state index in [-0.39, 0.29) is 35.9 Å². The van der Waals surface area contributed by atoms with Crippen molar-refractivity contribution in [3.8, 4) is 17.5 Å². The van der Waals surface area contributed by atoms with Crippen LogP contribution in [0, 0.1) is 0 Å². The van der Waals surface area contributed by atoms with Crippen molar-refractivity contribution in [1.82, 2.24) is 14.5 Å². The van der Waals surface area contributed by atoms with Gasteiger partial charge in [0.25, 0.3) is 5.91 Å². The third kappa shape index (κ3) is 6.71. The lowest BCUT2D eigenvalue weighted by Crippen LogP contribution is -2.33. The summed E-state index contributed by atoms with van der Waals surface area (Å²) in [6.07, 6.45) is -4.49. The Bertz CT molecular complexity index is 1280. The van der Waals surface area contributed by atoms with Crippen LogP contribution in [0.2, 0.25) is 5.02 Å². The van der Waals surface area contributed by atoms with Crippen molar-refractivity contribution in [3.05, 3.63) is 64.8 Å². The highest BCUT2D eigenvalue weighted by Gasteiger charge is 2.33. The molecule has 0 spiro atoms. The van der Waals surface area contributed by atoms with Crippen LogP contribution in [-0.2, 0) is 16.1 Å². The SMILES string of the molecule is CN(CC1CO1)C(=O)c1c(N(C)C=O)nc(Oc2cccc(OC(F)(F)F)c2)n1Cc1ccc(Cl)cc1. The number of likely N-dealkylation sites (N-methyl/N-ethyl adjacent to an activating group) is 1. The van der Waals surface area contributed by atoms with Gasteiger partial charge in [-0.25, -0.2) is 0 Å². The van der Waals surface area contributed by atoms with E-state index in [9.17, 15) is 22.8 Å². The number of imidazole rings is 1. The molecule has 0 saturated carbocycles. The molecule has 1 aromatic heterocycles. The molecule has 0 bridgehead atoms. The Morgan fingerprint density at radius 3 is 2.51 bits per heavy atom. The predicted octanol–water partition coefficient (Wildman–Crippen LogP) is 4.34. The molecular weight excluding hydrogens is 517 g/mol. The number of alkyl halides is 3. The van der Waals surface area contributed by atoms with E-state index in [0.29, 0.717) is 24.6 Å². The minimum Gasteiger partial charge on any atom is -0.425 e. The van der Waals surface area contributed by atoms with Gasteiger partial charge in [-0.1, -0.05) is 29.8 Å². The van der Waals surface area contributed by atoms with Gasteiger partial charge >= 0.3 is 12.4 Å². The van der Waals surface area contributed by atoms with Gasteiger partial charge in [0, 0.05) is 31.7 Å². The molecular formula is C24H22ClF3N4O5. The number of carbonyl (C=O) groups excluding carboxylic acids is 2. The summed E-state index contributed by atoms with van der Waals surface area (Å²) < 4.78 is 54.6. The second kappa shape index (κ2) is 10.7. The van der Waals surface area contributed by atoms with Crippen molar-refractivity contribution >= 4 is 29.7 Å². The maximum Gasteiger partial charge on any atom is 0.573 e. The first-order valence-electron chi connectivity index (χ1n) is 11.0. The van der Waals surface area contributed by atoms with E-state index in [1.54, 1.807) is 31.3 Å². The van der Waals surface area contributed by atoms with E-state index < -0.39 is 18.0 Å². The van der Waals surface area contributed by atoms with Gasteiger partial charge in [-0.15, -0.1) is 13.2 Å².